The summed E-state index contributed by atoms with van der Waals surface area (Å²) in [7, 11) is 1.67. The Labute approximate surface area is 91.1 Å². The Kier molecular flexibility index (Phi) is 4.72. The number of aryl methyl sites for hydroxylation is 1. The second kappa shape index (κ2) is 5.83. The van der Waals surface area contributed by atoms with Crippen LogP contribution in [0.15, 0.2) is 18.3 Å². The molecule has 0 aliphatic heterocycles. The number of nitrogens with zero attached hydrogens (tertiary/aromatic N) is 1. The molecule has 0 bridgehead atoms. The van der Waals surface area contributed by atoms with E-state index < -0.39 is 6.10 Å². The molecule has 0 saturated heterocycles. The molecule has 3 nitrogen and oxygen atoms in total. The molecule has 0 spiro atoms. The van der Waals surface area contributed by atoms with Gasteiger partial charge >= 0.3 is 0 Å². The van der Waals surface area contributed by atoms with Gasteiger partial charge in [-0.1, -0.05) is 6.92 Å². The summed E-state index contributed by atoms with van der Waals surface area (Å²) in [4.78, 5) is 4.18. The lowest BCUT2D eigenvalue weighted by Crippen LogP contribution is -2.12. The zero-order valence-corrected chi connectivity index (χ0v) is 9.60. The number of aliphatic hydroxyl groups is 1. The van der Waals surface area contributed by atoms with Crippen LogP contribution in [0.3, 0.4) is 0 Å². The molecule has 84 valence electrons. The van der Waals surface area contributed by atoms with E-state index in [9.17, 15) is 5.11 Å². The monoisotopic (exact) mass is 209 g/mol. The fraction of sp³-hybridized carbons (Fsp3) is 0.583. The smallest absolute Gasteiger partial charge is 0.0986 e. The van der Waals surface area contributed by atoms with Gasteiger partial charge in [0.2, 0.25) is 0 Å². The highest BCUT2D eigenvalue weighted by Gasteiger charge is 2.17. The van der Waals surface area contributed by atoms with E-state index in [2.05, 4.69) is 4.98 Å². The number of aliphatic hydroxyl groups excluding tert-OH is 1. The van der Waals surface area contributed by atoms with Crippen molar-refractivity contribution in [3.05, 3.63) is 29.6 Å². The van der Waals surface area contributed by atoms with Crippen molar-refractivity contribution in [2.45, 2.75) is 26.4 Å². The Morgan fingerprint density at radius 1 is 1.53 bits per heavy atom. The van der Waals surface area contributed by atoms with Gasteiger partial charge in [-0.3, -0.25) is 4.98 Å². The molecule has 0 fully saturated rings. The van der Waals surface area contributed by atoms with Crippen molar-refractivity contribution in [2.24, 2.45) is 5.92 Å². The lowest BCUT2D eigenvalue weighted by molar-refractivity contribution is 0.0854. The van der Waals surface area contributed by atoms with Gasteiger partial charge in [-0.05, 0) is 37.0 Å². The quantitative estimate of drug-likeness (QED) is 0.807. The first kappa shape index (κ1) is 12.1. The third-order valence-electron chi connectivity index (χ3n) is 2.56. The number of methoxy groups -OCH3 is 1. The molecule has 0 aliphatic rings. The Bertz CT molecular complexity index is 301. The molecule has 0 aliphatic carbocycles. The van der Waals surface area contributed by atoms with Crippen LogP contribution in [0.2, 0.25) is 0 Å². The standard InChI is InChI=1S/C12H19NO2/c1-9-4-6-13-11(8-9)12(14)10(2)5-7-15-3/h4,6,8,10,12,14H,5,7H2,1-3H3. The molecule has 1 rings (SSSR count). The molecule has 1 aromatic rings. The molecule has 0 saturated carbocycles. The van der Waals surface area contributed by atoms with E-state index in [0.717, 1.165) is 17.7 Å². The van der Waals surface area contributed by atoms with Crippen molar-refractivity contribution in [1.82, 2.24) is 4.98 Å². The van der Waals surface area contributed by atoms with Gasteiger partial charge in [0, 0.05) is 19.9 Å². The molecule has 3 heteroatoms. The van der Waals surface area contributed by atoms with E-state index in [1.54, 1.807) is 13.3 Å². The number of ether oxygens (including phenoxy) is 1. The van der Waals surface area contributed by atoms with Crippen LogP contribution >= 0.6 is 0 Å². The fourth-order valence-corrected chi connectivity index (χ4v) is 1.47. The van der Waals surface area contributed by atoms with Crippen molar-refractivity contribution >= 4 is 0 Å². The Morgan fingerprint density at radius 2 is 2.27 bits per heavy atom. The van der Waals surface area contributed by atoms with E-state index in [-0.39, 0.29) is 5.92 Å². The van der Waals surface area contributed by atoms with E-state index >= 15 is 0 Å². The van der Waals surface area contributed by atoms with Crippen LogP contribution in [0.25, 0.3) is 0 Å². The maximum Gasteiger partial charge on any atom is 0.0986 e. The SMILES string of the molecule is COCCC(C)C(O)c1cc(C)ccn1. The first-order chi connectivity index (χ1) is 7.15. The third kappa shape index (κ3) is 3.61. The van der Waals surface area contributed by atoms with Crippen molar-refractivity contribution in [3.63, 3.8) is 0 Å². The van der Waals surface area contributed by atoms with Crippen molar-refractivity contribution < 1.29 is 9.84 Å². The lowest BCUT2D eigenvalue weighted by Gasteiger charge is -2.18. The average molecular weight is 209 g/mol. The van der Waals surface area contributed by atoms with E-state index in [1.165, 1.54) is 0 Å². The minimum Gasteiger partial charge on any atom is -0.387 e. The summed E-state index contributed by atoms with van der Waals surface area (Å²) in [5, 5.41) is 10.0. The number of rotatable bonds is 5. The number of hydrogen-bond donors (Lipinski definition) is 1. The van der Waals surface area contributed by atoms with Crippen LogP contribution in [0.5, 0.6) is 0 Å². The molecule has 0 radical (unpaired) electrons. The average Bonchev–Trinajstić information content (AvgIpc) is 2.24. The fourth-order valence-electron chi connectivity index (χ4n) is 1.47. The first-order valence-corrected chi connectivity index (χ1v) is 5.24. The third-order valence-corrected chi connectivity index (χ3v) is 2.56. The van der Waals surface area contributed by atoms with Crippen LogP contribution in [0.1, 0.15) is 30.7 Å². The van der Waals surface area contributed by atoms with Gasteiger partial charge < -0.3 is 9.84 Å². The van der Waals surface area contributed by atoms with Crippen molar-refractivity contribution in [2.75, 3.05) is 13.7 Å². The Hall–Kier alpha value is -0.930. The number of aromatic nitrogens is 1. The van der Waals surface area contributed by atoms with Gasteiger partial charge in [-0.15, -0.1) is 0 Å². The summed E-state index contributed by atoms with van der Waals surface area (Å²) >= 11 is 0. The summed E-state index contributed by atoms with van der Waals surface area (Å²) in [5.41, 5.74) is 1.87. The van der Waals surface area contributed by atoms with Gasteiger partial charge in [0.25, 0.3) is 0 Å². The van der Waals surface area contributed by atoms with Crippen molar-refractivity contribution in [1.29, 1.82) is 0 Å². The van der Waals surface area contributed by atoms with Crippen LogP contribution in [0, 0.1) is 12.8 Å². The largest absolute Gasteiger partial charge is 0.387 e. The highest BCUT2D eigenvalue weighted by atomic mass is 16.5. The molecule has 1 aromatic heterocycles. The summed E-state index contributed by atoms with van der Waals surface area (Å²) in [5.74, 6) is 0.166. The van der Waals surface area contributed by atoms with Crippen LogP contribution in [-0.4, -0.2) is 23.8 Å². The predicted molar refractivity (Wildman–Crippen MR) is 59.6 cm³/mol. The van der Waals surface area contributed by atoms with Gasteiger partial charge in [-0.25, -0.2) is 0 Å². The van der Waals surface area contributed by atoms with Crippen LogP contribution < -0.4 is 0 Å². The van der Waals surface area contributed by atoms with Gasteiger partial charge in [0.05, 0.1) is 11.8 Å². The summed E-state index contributed by atoms with van der Waals surface area (Å²) in [6.45, 7) is 4.68. The van der Waals surface area contributed by atoms with E-state index in [4.69, 9.17) is 4.74 Å². The first-order valence-electron chi connectivity index (χ1n) is 5.24. The second-order valence-electron chi connectivity index (χ2n) is 3.96. The zero-order valence-electron chi connectivity index (χ0n) is 9.60. The summed E-state index contributed by atoms with van der Waals surface area (Å²) < 4.78 is 4.99. The second-order valence-corrected chi connectivity index (χ2v) is 3.96. The van der Waals surface area contributed by atoms with Crippen LogP contribution in [-0.2, 0) is 4.74 Å². The predicted octanol–water partition coefficient (Wildman–Crippen LogP) is 2.10. The molecule has 0 aromatic carbocycles. The maximum absolute atomic E-state index is 10.0. The molecule has 2 atom stereocenters. The normalized spacial score (nSPS) is 14.9. The Balaban J connectivity index is 2.62. The molecule has 2 unspecified atom stereocenters. The van der Waals surface area contributed by atoms with Crippen LogP contribution in [0.4, 0.5) is 0 Å². The number of hydrogen-bond acceptors (Lipinski definition) is 3. The highest BCUT2D eigenvalue weighted by molar-refractivity contribution is 5.16. The summed E-state index contributed by atoms with van der Waals surface area (Å²) in [6, 6.07) is 3.85. The van der Waals surface area contributed by atoms with Crippen molar-refractivity contribution in [3.8, 4) is 0 Å². The molecular formula is C12H19NO2. The molecule has 1 N–H and O–H groups in total. The number of pyridine rings is 1. The lowest BCUT2D eigenvalue weighted by atomic mass is 9.98. The minimum absolute atomic E-state index is 0.166. The molecule has 1 heterocycles. The summed E-state index contributed by atoms with van der Waals surface area (Å²) in [6.07, 6.45) is 2.07. The van der Waals surface area contributed by atoms with E-state index in [1.807, 2.05) is 26.0 Å². The zero-order chi connectivity index (χ0) is 11.3. The topological polar surface area (TPSA) is 42.4 Å². The Morgan fingerprint density at radius 3 is 2.87 bits per heavy atom. The molecular weight excluding hydrogens is 190 g/mol. The maximum atomic E-state index is 10.0. The van der Waals surface area contributed by atoms with Gasteiger partial charge in [0.15, 0.2) is 0 Å². The van der Waals surface area contributed by atoms with E-state index in [0.29, 0.717) is 6.61 Å². The van der Waals surface area contributed by atoms with Gasteiger partial charge in [-0.2, -0.15) is 0 Å². The van der Waals surface area contributed by atoms with Gasteiger partial charge in [0.1, 0.15) is 0 Å². The molecule has 0 amide bonds. The minimum atomic E-state index is -0.500. The highest BCUT2D eigenvalue weighted by Crippen LogP contribution is 2.22. The molecule has 15 heavy (non-hydrogen) atoms.